The van der Waals surface area contributed by atoms with Crippen LogP contribution in [0.25, 0.3) is 0 Å². The molecule has 3 heteroatoms. The van der Waals surface area contributed by atoms with E-state index in [0.717, 1.165) is 16.6 Å². The van der Waals surface area contributed by atoms with E-state index in [1.54, 1.807) is 0 Å². The van der Waals surface area contributed by atoms with Crippen molar-refractivity contribution in [1.82, 2.24) is 9.97 Å². The highest BCUT2D eigenvalue weighted by Crippen LogP contribution is 2.43. The Balaban J connectivity index is 1.99. The van der Waals surface area contributed by atoms with Crippen LogP contribution >= 0.6 is 15.9 Å². The first-order valence-corrected chi connectivity index (χ1v) is 5.66. The molecule has 13 heavy (non-hydrogen) atoms. The average molecular weight is 239 g/mol. The SMILES string of the molecule is Brc1nc(C2CC2)cc(C2CC2)n1. The number of halogens is 1. The van der Waals surface area contributed by atoms with Gasteiger partial charge in [-0.2, -0.15) is 0 Å². The smallest absolute Gasteiger partial charge is 0.197 e. The number of rotatable bonds is 2. The lowest BCUT2D eigenvalue weighted by Gasteiger charge is -2.02. The highest BCUT2D eigenvalue weighted by atomic mass is 79.9. The Morgan fingerprint density at radius 2 is 1.46 bits per heavy atom. The molecule has 1 heterocycles. The van der Waals surface area contributed by atoms with Gasteiger partial charge in [-0.05, 0) is 47.7 Å². The molecule has 0 bridgehead atoms. The number of hydrogen-bond donors (Lipinski definition) is 0. The zero-order valence-corrected chi connectivity index (χ0v) is 8.92. The minimum Gasteiger partial charge on any atom is -0.227 e. The molecule has 0 aliphatic heterocycles. The third-order valence-electron chi connectivity index (χ3n) is 2.73. The van der Waals surface area contributed by atoms with Gasteiger partial charge >= 0.3 is 0 Å². The van der Waals surface area contributed by atoms with Gasteiger partial charge in [0.25, 0.3) is 0 Å². The van der Waals surface area contributed by atoms with Crippen LogP contribution in [0.5, 0.6) is 0 Å². The highest BCUT2D eigenvalue weighted by molar-refractivity contribution is 9.10. The fourth-order valence-corrected chi connectivity index (χ4v) is 2.04. The normalized spacial score (nSPS) is 21.9. The van der Waals surface area contributed by atoms with Crippen LogP contribution in [0.1, 0.15) is 48.9 Å². The average Bonchev–Trinajstić information content (AvgIpc) is 2.98. The molecule has 0 spiro atoms. The molecule has 1 aromatic heterocycles. The van der Waals surface area contributed by atoms with Crippen LogP contribution in [0, 0.1) is 0 Å². The van der Waals surface area contributed by atoms with Crippen molar-refractivity contribution < 1.29 is 0 Å². The Morgan fingerprint density at radius 1 is 1.00 bits per heavy atom. The lowest BCUT2D eigenvalue weighted by atomic mass is 10.2. The lowest BCUT2D eigenvalue weighted by Crippen LogP contribution is -1.95. The highest BCUT2D eigenvalue weighted by Gasteiger charge is 2.30. The van der Waals surface area contributed by atoms with Crippen LogP contribution in [0.15, 0.2) is 10.8 Å². The fourth-order valence-electron chi connectivity index (χ4n) is 1.63. The van der Waals surface area contributed by atoms with E-state index in [-0.39, 0.29) is 0 Å². The Labute approximate surface area is 85.9 Å². The second-order valence-corrected chi connectivity index (χ2v) is 4.74. The Hall–Kier alpha value is -0.440. The number of hydrogen-bond acceptors (Lipinski definition) is 2. The molecule has 0 amide bonds. The molecule has 2 aliphatic rings. The van der Waals surface area contributed by atoms with E-state index in [1.807, 2.05) is 0 Å². The maximum atomic E-state index is 4.41. The Bertz CT molecular complexity index is 313. The monoisotopic (exact) mass is 238 g/mol. The van der Waals surface area contributed by atoms with Crippen molar-refractivity contribution >= 4 is 15.9 Å². The number of aromatic nitrogens is 2. The second kappa shape index (κ2) is 2.77. The van der Waals surface area contributed by atoms with Crippen molar-refractivity contribution in [2.75, 3.05) is 0 Å². The second-order valence-electron chi connectivity index (χ2n) is 4.04. The molecule has 68 valence electrons. The molecule has 2 nitrogen and oxygen atoms in total. The summed E-state index contributed by atoms with van der Waals surface area (Å²) < 4.78 is 0.777. The van der Waals surface area contributed by atoms with Crippen LogP contribution in [0.4, 0.5) is 0 Å². The maximum Gasteiger partial charge on any atom is 0.197 e. The van der Waals surface area contributed by atoms with E-state index < -0.39 is 0 Å². The molecule has 1 aromatic rings. The van der Waals surface area contributed by atoms with Gasteiger partial charge in [0.05, 0.1) is 0 Å². The van der Waals surface area contributed by atoms with Gasteiger partial charge in [0, 0.05) is 23.2 Å². The molecule has 2 saturated carbocycles. The molecule has 0 radical (unpaired) electrons. The Morgan fingerprint density at radius 3 is 1.85 bits per heavy atom. The van der Waals surface area contributed by atoms with Gasteiger partial charge in [0.2, 0.25) is 0 Å². The van der Waals surface area contributed by atoms with Gasteiger partial charge < -0.3 is 0 Å². The van der Waals surface area contributed by atoms with Crippen molar-refractivity contribution in [3.8, 4) is 0 Å². The molecular weight excluding hydrogens is 228 g/mol. The first kappa shape index (κ1) is 7.92. The molecule has 0 N–H and O–H groups in total. The third-order valence-corrected chi connectivity index (χ3v) is 3.08. The topological polar surface area (TPSA) is 25.8 Å². The van der Waals surface area contributed by atoms with Gasteiger partial charge in [-0.25, -0.2) is 9.97 Å². The minimum atomic E-state index is 0.733. The molecule has 0 saturated heterocycles. The van der Waals surface area contributed by atoms with Gasteiger partial charge in [-0.3, -0.25) is 0 Å². The van der Waals surface area contributed by atoms with Crippen molar-refractivity contribution in [3.63, 3.8) is 0 Å². The summed E-state index contributed by atoms with van der Waals surface area (Å²) >= 11 is 3.38. The summed E-state index contributed by atoms with van der Waals surface area (Å²) in [6, 6.07) is 2.21. The van der Waals surface area contributed by atoms with Crippen LogP contribution in [0.3, 0.4) is 0 Å². The summed E-state index contributed by atoms with van der Waals surface area (Å²) in [5.74, 6) is 1.47. The molecule has 3 rings (SSSR count). The maximum absolute atomic E-state index is 4.41. The van der Waals surface area contributed by atoms with Crippen LogP contribution < -0.4 is 0 Å². The predicted octanol–water partition coefficient (Wildman–Crippen LogP) is 2.99. The van der Waals surface area contributed by atoms with Crippen LogP contribution in [0.2, 0.25) is 0 Å². The van der Waals surface area contributed by atoms with E-state index >= 15 is 0 Å². The quantitative estimate of drug-likeness (QED) is 0.741. The van der Waals surface area contributed by atoms with Gasteiger partial charge in [-0.15, -0.1) is 0 Å². The molecular formula is C10H11BrN2. The lowest BCUT2D eigenvalue weighted by molar-refractivity contribution is 0.900. The first-order valence-electron chi connectivity index (χ1n) is 4.87. The molecule has 0 aromatic carbocycles. The van der Waals surface area contributed by atoms with Gasteiger partial charge in [0.1, 0.15) is 0 Å². The zero-order chi connectivity index (χ0) is 8.84. The van der Waals surface area contributed by atoms with E-state index in [0.29, 0.717) is 0 Å². The van der Waals surface area contributed by atoms with E-state index in [9.17, 15) is 0 Å². The predicted molar refractivity (Wildman–Crippen MR) is 53.7 cm³/mol. The Kier molecular flexibility index (Phi) is 1.69. The van der Waals surface area contributed by atoms with Crippen LogP contribution in [-0.4, -0.2) is 9.97 Å². The summed E-state index contributed by atoms with van der Waals surface area (Å²) in [6.45, 7) is 0. The van der Waals surface area contributed by atoms with E-state index in [4.69, 9.17) is 0 Å². The van der Waals surface area contributed by atoms with Crippen molar-refractivity contribution in [2.45, 2.75) is 37.5 Å². The van der Waals surface area contributed by atoms with Crippen molar-refractivity contribution in [3.05, 3.63) is 22.2 Å². The fraction of sp³-hybridized carbons (Fsp3) is 0.600. The third kappa shape index (κ3) is 1.62. The van der Waals surface area contributed by atoms with Crippen molar-refractivity contribution in [1.29, 1.82) is 0 Å². The standard InChI is InChI=1S/C10H11BrN2/c11-10-12-8(6-1-2-6)5-9(13-10)7-3-4-7/h5-7H,1-4H2. The van der Waals surface area contributed by atoms with Gasteiger partial charge in [0.15, 0.2) is 4.73 Å². The van der Waals surface area contributed by atoms with E-state index in [1.165, 1.54) is 37.1 Å². The number of nitrogens with zero attached hydrogens (tertiary/aromatic N) is 2. The minimum absolute atomic E-state index is 0.733. The van der Waals surface area contributed by atoms with Crippen molar-refractivity contribution in [2.24, 2.45) is 0 Å². The summed E-state index contributed by atoms with van der Waals surface area (Å²) in [7, 11) is 0. The summed E-state index contributed by atoms with van der Waals surface area (Å²) in [6.07, 6.45) is 5.25. The summed E-state index contributed by atoms with van der Waals surface area (Å²) in [4.78, 5) is 8.82. The molecule has 2 aliphatic carbocycles. The van der Waals surface area contributed by atoms with Crippen LogP contribution in [-0.2, 0) is 0 Å². The largest absolute Gasteiger partial charge is 0.227 e. The summed E-state index contributed by atoms with van der Waals surface area (Å²) in [5.41, 5.74) is 2.51. The molecule has 2 fully saturated rings. The summed E-state index contributed by atoms with van der Waals surface area (Å²) in [5, 5.41) is 0. The van der Waals surface area contributed by atoms with Gasteiger partial charge in [-0.1, -0.05) is 0 Å². The first-order chi connectivity index (χ1) is 6.33. The van der Waals surface area contributed by atoms with E-state index in [2.05, 4.69) is 32.0 Å². The molecule has 0 unspecified atom stereocenters. The molecule has 0 atom stereocenters. The zero-order valence-electron chi connectivity index (χ0n) is 7.33.